The Morgan fingerprint density at radius 3 is 2.40 bits per heavy atom. The van der Waals surface area contributed by atoms with Crippen LogP contribution in [0, 0.1) is 18.5 Å². The number of hydrogen-bond donors (Lipinski definition) is 1. The Hall–Kier alpha value is -1.48. The molecular formula is C12H12N2S. The third-order valence-corrected chi connectivity index (χ3v) is 2.51. The summed E-state index contributed by atoms with van der Waals surface area (Å²) in [5, 5.41) is 0. The summed E-state index contributed by atoms with van der Waals surface area (Å²) in [5.41, 5.74) is 4.38. The van der Waals surface area contributed by atoms with E-state index in [1.807, 2.05) is 0 Å². The summed E-state index contributed by atoms with van der Waals surface area (Å²) in [4.78, 5) is 7.28. The van der Waals surface area contributed by atoms with Gasteiger partial charge in [-0.3, -0.25) is 4.98 Å². The molecule has 1 aromatic carbocycles. The van der Waals surface area contributed by atoms with Crippen LogP contribution in [0.15, 0.2) is 30.6 Å². The van der Waals surface area contributed by atoms with Crippen molar-refractivity contribution in [2.45, 2.75) is 13.8 Å². The number of nitrogens with zero attached hydrogens (tertiary/aromatic N) is 1. The number of H-pyrrole nitrogens is 1. The molecule has 15 heavy (non-hydrogen) atoms. The zero-order valence-electron chi connectivity index (χ0n) is 8.74. The molecule has 2 aromatic rings. The molecule has 2 nitrogen and oxygen atoms in total. The molecule has 0 amide bonds. The number of nitrogens with one attached hydrogen (secondary N) is 1. The predicted octanol–water partition coefficient (Wildman–Crippen LogP) is 3.42. The Morgan fingerprint density at radius 2 is 1.80 bits per heavy atom. The molecule has 0 unspecified atom stereocenters. The zero-order valence-corrected chi connectivity index (χ0v) is 9.56. The molecule has 0 fully saturated rings. The van der Waals surface area contributed by atoms with Gasteiger partial charge < -0.3 is 4.98 Å². The lowest BCUT2D eigenvalue weighted by atomic mass is 10.1. The largest absolute Gasteiger partial charge is 0.350 e. The van der Waals surface area contributed by atoms with Crippen molar-refractivity contribution < 1.29 is 0 Å². The first-order valence-corrected chi connectivity index (χ1v) is 5.20. The second kappa shape index (κ2) is 3.95. The second-order valence-corrected chi connectivity index (χ2v) is 4.05. The van der Waals surface area contributed by atoms with E-state index < -0.39 is 0 Å². The maximum absolute atomic E-state index is 5.20. The van der Waals surface area contributed by atoms with Crippen molar-refractivity contribution in [3.63, 3.8) is 0 Å². The Morgan fingerprint density at radius 1 is 1.13 bits per heavy atom. The monoisotopic (exact) mass is 216 g/mol. The van der Waals surface area contributed by atoms with Gasteiger partial charge in [-0.25, -0.2) is 0 Å². The summed E-state index contributed by atoms with van der Waals surface area (Å²) >= 11 is 5.20. The molecule has 1 aromatic heterocycles. The number of aromatic amines is 1. The second-order valence-electron chi connectivity index (χ2n) is 3.64. The van der Waals surface area contributed by atoms with Gasteiger partial charge in [-0.2, -0.15) is 0 Å². The summed E-state index contributed by atoms with van der Waals surface area (Å²) in [6, 6.07) is 6.33. The van der Waals surface area contributed by atoms with E-state index in [1.54, 1.807) is 12.4 Å². The van der Waals surface area contributed by atoms with Crippen LogP contribution in [-0.2, 0) is 0 Å². The van der Waals surface area contributed by atoms with Crippen LogP contribution in [0.1, 0.15) is 11.1 Å². The molecule has 0 aliphatic heterocycles. The quantitative estimate of drug-likeness (QED) is 0.740. The van der Waals surface area contributed by atoms with Gasteiger partial charge in [0, 0.05) is 18.0 Å². The summed E-state index contributed by atoms with van der Waals surface area (Å²) in [7, 11) is 0. The average molecular weight is 216 g/mol. The summed E-state index contributed by atoms with van der Waals surface area (Å²) in [6.07, 6.45) is 3.47. The molecular weight excluding hydrogens is 204 g/mol. The predicted molar refractivity (Wildman–Crippen MR) is 64.3 cm³/mol. The molecule has 1 heterocycles. The Bertz CT molecular complexity index is 523. The van der Waals surface area contributed by atoms with Gasteiger partial charge in [0.2, 0.25) is 0 Å². The van der Waals surface area contributed by atoms with Crippen molar-refractivity contribution in [2.24, 2.45) is 0 Å². The van der Waals surface area contributed by atoms with Gasteiger partial charge in [0.05, 0.1) is 0 Å². The van der Waals surface area contributed by atoms with Crippen LogP contribution in [0.3, 0.4) is 0 Å². The van der Waals surface area contributed by atoms with Gasteiger partial charge in [-0.1, -0.05) is 29.4 Å². The summed E-state index contributed by atoms with van der Waals surface area (Å²) < 4.78 is 0.683. The van der Waals surface area contributed by atoms with E-state index >= 15 is 0 Å². The first-order valence-electron chi connectivity index (χ1n) is 4.79. The van der Waals surface area contributed by atoms with E-state index in [0.29, 0.717) is 4.64 Å². The molecule has 0 spiro atoms. The molecule has 2 rings (SSSR count). The van der Waals surface area contributed by atoms with E-state index in [1.165, 1.54) is 11.1 Å². The average Bonchev–Trinajstić information content (AvgIpc) is 2.16. The lowest BCUT2D eigenvalue weighted by Crippen LogP contribution is -1.88. The number of rotatable bonds is 1. The molecule has 3 heteroatoms. The maximum Gasteiger partial charge on any atom is 0.129 e. The fraction of sp³-hybridized carbons (Fsp3) is 0.167. The molecule has 0 aliphatic rings. The zero-order chi connectivity index (χ0) is 10.8. The first kappa shape index (κ1) is 10.1. The minimum Gasteiger partial charge on any atom is -0.350 e. The van der Waals surface area contributed by atoms with Crippen molar-refractivity contribution in [3.05, 3.63) is 46.4 Å². The van der Waals surface area contributed by atoms with Gasteiger partial charge in [-0.05, 0) is 26.0 Å². The van der Waals surface area contributed by atoms with Crippen molar-refractivity contribution in [1.29, 1.82) is 0 Å². The fourth-order valence-corrected chi connectivity index (χ4v) is 1.91. The molecule has 0 aliphatic carbocycles. The van der Waals surface area contributed by atoms with Gasteiger partial charge in [0.15, 0.2) is 0 Å². The maximum atomic E-state index is 5.20. The molecule has 0 saturated carbocycles. The smallest absolute Gasteiger partial charge is 0.129 e. The lowest BCUT2D eigenvalue weighted by molar-refractivity contribution is 1.18. The van der Waals surface area contributed by atoms with Gasteiger partial charge in [0.1, 0.15) is 10.3 Å². The van der Waals surface area contributed by atoms with Crippen molar-refractivity contribution in [1.82, 2.24) is 9.97 Å². The van der Waals surface area contributed by atoms with Gasteiger partial charge >= 0.3 is 0 Å². The van der Waals surface area contributed by atoms with Gasteiger partial charge in [0.25, 0.3) is 0 Å². The normalized spacial score (nSPS) is 10.3. The third-order valence-electron chi connectivity index (χ3n) is 2.20. The number of hydrogen-bond acceptors (Lipinski definition) is 2. The molecule has 0 radical (unpaired) electrons. The van der Waals surface area contributed by atoms with Crippen LogP contribution in [0.4, 0.5) is 0 Å². The van der Waals surface area contributed by atoms with Crippen LogP contribution < -0.4 is 0 Å². The van der Waals surface area contributed by atoms with Crippen LogP contribution >= 0.6 is 12.2 Å². The fourth-order valence-electron chi connectivity index (χ4n) is 1.67. The SMILES string of the molecule is Cc1cc(C)cc(-c2ncc[nH]c2=S)c1. The topological polar surface area (TPSA) is 28.7 Å². The molecule has 0 saturated heterocycles. The Labute approximate surface area is 94.0 Å². The molecule has 76 valence electrons. The van der Waals surface area contributed by atoms with Crippen LogP contribution in [0.2, 0.25) is 0 Å². The van der Waals surface area contributed by atoms with E-state index in [2.05, 4.69) is 42.0 Å². The van der Waals surface area contributed by atoms with Crippen LogP contribution in [-0.4, -0.2) is 9.97 Å². The number of aryl methyl sites for hydroxylation is 2. The highest BCUT2D eigenvalue weighted by molar-refractivity contribution is 7.71. The highest BCUT2D eigenvalue weighted by Crippen LogP contribution is 2.20. The summed E-state index contributed by atoms with van der Waals surface area (Å²) in [5.74, 6) is 0. The standard InChI is InChI=1S/C12H12N2S/c1-8-5-9(2)7-10(6-8)11-12(15)14-4-3-13-11/h3-7H,1-2H3,(H,14,15). The van der Waals surface area contributed by atoms with Gasteiger partial charge in [-0.15, -0.1) is 0 Å². The molecule has 0 atom stereocenters. The third kappa shape index (κ3) is 2.13. The van der Waals surface area contributed by atoms with Crippen molar-refractivity contribution >= 4 is 12.2 Å². The van der Waals surface area contributed by atoms with E-state index in [0.717, 1.165) is 11.3 Å². The number of benzene rings is 1. The number of aromatic nitrogens is 2. The van der Waals surface area contributed by atoms with E-state index in [4.69, 9.17) is 12.2 Å². The molecule has 0 bridgehead atoms. The molecule has 1 N–H and O–H groups in total. The Kier molecular flexibility index (Phi) is 2.64. The van der Waals surface area contributed by atoms with Crippen molar-refractivity contribution in [2.75, 3.05) is 0 Å². The van der Waals surface area contributed by atoms with Crippen LogP contribution in [0.5, 0.6) is 0 Å². The van der Waals surface area contributed by atoms with E-state index in [9.17, 15) is 0 Å². The highest BCUT2D eigenvalue weighted by atomic mass is 32.1. The van der Waals surface area contributed by atoms with E-state index in [-0.39, 0.29) is 0 Å². The lowest BCUT2D eigenvalue weighted by Gasteiger charge is -2.03. The van der Waals surface area contributed by atoms with Crippen LogP contribution in [0.25, 0.3) is 11.3 Å². The first-order chi connectivity index (χ1) is 7.16. The minimum atomic E-state index is 0.683. The van der Waals surface area contributed by atoms with Crippen molar-refractivity contribution in [3.8, 4) is 11.3 Å². The minimum absolute atomic E-state index is 0.683. The Balaban J connectivity index is 2.64. The highest BCUT2D eigenvalue weighted by Gasteiger charge is 2.02. The summed E-state index contributed by atoms with van der Waals surface area (Å²) in [6.45, 7) is 4.15.